The highest BCUT2D eigenvalue weighted by Crippen LogP contribution is 2.26. The average molecular weight is 172 g/mol. The van der Waals surface area contributed by atoms with Crippen LogP contribution in [0.15, 0.2) is 0 Å². The van der Waals surface area contributed by atoms with Crippen LogP contribution >= 0.6 is 0 Å². The van der Waals surface area contributed by atoms with Crippen LogP contribution in [0, 0.1) is 5.92 Å². The van der Waals surface area contributed by atoms with E-state index in [0.29, 0.717) is 5.92 Å². The van der Waals surface area contributed by atoms with Crippen molar-refractivity contribution < 1.29 is 14.9 Å². The maximum Gasteiger partial charge on any atom is 0.142 e. The predicted octanol–water partition coefficient (Wildman–Crippen LogP) is -0.888. The van der Waals surface area contributed by atoms with E-state index in [9.17, 15) is 10.2 Å². The molecule has 1 heterocycles. The molecule has 1 fully saturated rings. The Labute approximate surface area is 74.1 Å². The van der Waals surface area contributed by atoms with Gasteiger partial charge in [0, 0.05) is 0 Å². The highest BCUT2D eigenvalue weighted by atomic mass is 16.5. The second kappa shape index (κ2) is 3.77. The second-order valence-electron chi connectivity index (χ2n) is 3.67. The zero-order chi connectivity index (χ0) is 9.30. The van der Waals surface area contributed by atoms with Crippen LogP contribution < -0.4 is 0 Å². The molecule has 0 radical (unpaired) electrons. The molecular formula is C8H17BO3. The fourth-order valence-corrected chi connectivity index (χ4v) is 1.58. The number of hydrogen-bond acceptors (Lipinski definition) is 3. The van der Waals surface area contributed by atoms with Gasteiger partial charge in [-0.3, -0.25) is 0 Å². The Morgan fingerprint density at radius 1 is 1.42 bits per heavy atom. The SMILES string of the molecule is BC1OC(C(C)CC)[C@@H](O)[C@H]1O. The zero-order valence-electron chi connectivity index (χ0n) is 7.90. The molecule has 12 heavy (non-hydrogen) atoms. The molecule has 0 amide bonds. The molecule has 0 spiro atoms. The van der Waals surface area contributed by atoms with Gasteiger partial charge in [-0.2, -0.15) is 0 Å². The Morgan fingerprint density at radius 2 is 2.00 bits per heavy atom. The summed E-state index contributed by atoms with van der Waals surface area (Å²) in [5.74, 6) is 0.305. The van der Waals surface area contributed by atoms with E-state index in [1.54, 1.807) is 7.85 Å². The summed E-state index contributed by atoms with van der Waals surface area (Å²) in [5.41, 5.74) is 0. The Bertz CT molecular complexity index is 153. The van der Waals surface area contributed by atoms with Crippen LogP contribution in [-0.4, -0.2) is 42.4 Å². The van der Waals surface area contributed by atoms with Gasteiger partial charge in [-0.15, -0.1) is 0 Å². The molecule has 0 saturated carbocycles. The first-order chi connectivity index (χ1) is 5.57. The highest BCUT2D eigenvalue weighted by Gasteiger charge is 2.41. The van der Waals surface area contributed by atoms with Crippen molar-refractivity contribution in [1.82, 2.24) is 0 Å². The predicted molar refractivity (Wildman–Crippen MR) is 48.7 cm³/mol. The molecule has 3 unspecified atom stereocenters. The fraction of sp³-hybridized carbons (Fsp3) is 1.00. The Balaban J connectivity index is 2.58. The maximum absolute atomic E-state index is 9.55. The van der Waals surface area contributed by atoms with E-state index in [0.717, 1.165) is 6.42 Å². The molecule has 0 aromatic carbocycles. The molecule has 1 aliphatic heterocycles. The van der Waals surface area contributed by atoms with Gasteiger partial charge in [0.05, 0.1) is 12.1 Å². The highest BCUT2D eigenvalue weighted by molar-refractivity contribution is 6.11. The number of hydrogen-bond donors (Lipinski definition) is 2. The molecule has 3 nitrogen and oxygen atoms in total. The minimum absolute atomic E-state index is 0.194. The third-order valence-electron chi connectivity index (χ3n) is 2.74. The molecule has 2 N–H and O–H groups in total. The number of rotatable bonds is 2. The van der Waals surface area contributed by atoms with E-state index in [1.807, 2.05) is 6.92 Å². The van der Waals surface area contributed by atoms with E-state index in [2.05, 4.69) is 6.92 Å². The summed E-state index contributed by atoms with van der Waals surface area (Å²) in [4.78, 5) is 0. The van der Waals surface area contributed by atoms with Gasteiger partial charge in [-0.1, -0.05) is 20.3 Å². The van der Waals surface area contributed by atoms with Gasteiger partial charge in [0.15, 0.2) is 0 Å². The third-order valence-corrected chi connectivity index (χ3v) is 2.74. The Kier molecular flexibility index (Phi) is 3.15. The van der Waals surface area contributed by atoms with E-state index >= 15 is 0 Å². The number of aliphatic hydroxyl groups is 2. The summed E-state index contributed by atoms with van der Waals surface area (Å²) in [6, 6.07) is -0.237. The van der Waals surface area contributed by atoms with Gasteiger partial charge in [-0.05, 0) is 5.92 Å². The minimum atomic E-state index is -0.719. The third kappa shape index (κ3) is 1.65. The normalized spacial score (nSPS) is 44.7. The summed E-state index contributed by atoms with van der Waals surface area (Å²) in [7, 11) is 1.79. The van der Waals surface area contributed by atoms with Gasteiger partial charge in [0.1, 0.15) is 20.1 Å². The van der Waals surface area contributed by atoms with Crippen molar-refractivity contribution in [2.75, 3.05) is 0 Å². The fourth-order valence-electron chi connectivity index (χ4n) is 1.58. The lowest BCUT2D eigenvalue weighted by Crippen LogP contribution is -2.35. The monoisotopic (exact) mass is 172 g/mol. The summed E-state index contributed by atoms with van der Waals surface area (Å²) in [5, 5.41) is 19.0. The topological polar surface area (TPSA) is 49.7 Å². The van der Waals surface area contributed by atoms with Crippen molar-refractivity contribution in [3.63, 3.8) is 0 Å². The van der Waals surface area contributed by atoms with Crippen molar-refractivity contribution in [3.05, 3.63) is 0 Å². The molecule has 1 aliphatic rings. The molecule has 0 bridgehead atoms. The van der Waals surface area contributed by atoms with Crippen molar-refractivity contribution in [2.24, 2.45) is 5.92 Å². The standard InChI is InChI=1S/C8H17BO3/c1-3-4(2)7-5(10)6(11)8(9)12-7/h4-8,10-11H,3,9H2,1-2H3/t4?,5-,6+,7?,8?/m0/s1. The largest absolute Gasteiger partial charge is 0.388 e. The van der Waals surface area contributed by atoms with Crippen molar-refractivity contribution in [3.8, 4) is 0 Å². The smallest absolute Gasteiger partial charge is 0.142 e. The van der Waals surface area contributed by atoms with Crippen molar-refractivity contribution in [2.45, 2.75) is 44.6 Å². The molecule has 5 atom stereocenters. The van der Waals surface area contributed by atoms with Gasteiger partial charge < -0.3 is 14.9 Å². The first-order valence-corrected chi connectivity index (χ1v) is 4.59. The molecule has 1 rings (SSSR count). The Hall–Kier alpha value is -0.0551. The first kappa shape index (κ1) is 10.0. The molecule has 1 saturated heterocycles. The maximum atomic E-state index is 9.55. The molecule has 0 aromatic heterocycles. The summed E-state index contributed by atoms with van der Waals surface area (Å²) >= 11 is 0. The van der Waals surface area contributed by atoms with E-state index in [4.69, 9.17) is 4.74 Å². The quantitative estimate of drug-likeness (QED) is 0.531. The average Bonchev–Trinajstić information content (AvgIpc) is 2.32. The lowest BCUT2D eigenvalue weighted by atomic mass is 9.90. The molecule has 4 heteroatoms. The zero-order valence-corrected chi connectivity index (χ0v) is 7.90. The lowest BCUT2D eigenvalue weighted by Gasteiger charge is -2.20. The second-order valence-corrected chi connectivity index (χ2v) is 3.67. The van der Waals surface area contributed by atoms with Crippen molar-refractivity contribution in [1.29, 1.82) is 0 Å². The van der Waals surface area contributed by atoms with E-state index < -0.39 is 12.2 Å². The van der Waals surface area contributed by atoms with Gasteiger partial charge >= 0.3 is 0 Å². The van der Waals surface area contributed by atoms with E-state index in [1.165, 1.54) is 0 Å². The van der Waals surface area contributed by atoms with Gasteiger partial charge in [-0.25, -0.2) is 0 Å². The molecule has 0 aromatic rings. The van der Waals surface area contributed by atoms with Crippen LogP contribution in [-0.2, 0) is 4.74 Å². The minimum Gasteiger partial charge on any atom is -0.388 e. The Morgan fingerprint density at radius 3 is 2.33 bits per heavy atom. The summed E-state index contributed by atoms with van der Waals surface area (Å²) in [6.07, 6.45) is -0.666. The number of ether oxygens (including phenoxy) is 1. The summed E-state index contributed by atoms with van der Waals surface area (Å²) in [6.45, 7) is 4.08. The van der Waals surface area contributed by atoms with Crippen LogP contribution in [0.25, 0.3) is 0 Å². The molecular weight excluding hydrogens is 155 g/mol. The van der Waals surface area contributed by atoms with Crippen molar-refractivity contribution >= 4 is 7.85 Å². The van der Waals surface area contributed by atoms with Gasteiger partial charge in [0.25, 0.3) is 0 Å². The van der Waals surface area contributed by atoms with E-state index in [-0.39, 0.29) is 12.1 Å². The molecule has 0 aliphatic carbocycles. The van der Waals surface area contributed by atoms with Crippen LogP contribution in [0.3, 0.4) is 0 Å². The van der Waals surface area contributed by atoms with Gasteiger partial charge in [0.2, 0.25) is 0 Å². The summed E-state index contributed by atoms with van der Waals surface area (Å²) < 4.78 is 5.44. The number of aliphatic hydroxyl groups excluding tert-OH is 2. The molecule has 70 valence electrons. The van der Waals surface area contributed by atoms with Crippen LogP contribution in [0.4, 0.5) is 0 Å². The van der Waals surface area contributed by atoms with Crippen LogP contribution in [0.1, 0.15) is 20.3 Å². The van der Waals surface area contributed by atoms with Crippen LogP contribution in [0.5, 0.6) is 0 Å². The lowest BCUT2D eigenvalue weighted by molar-refractivity contribution is -0.00797. The first-order valence-electron chi connectivity index (χ1n) is 4.59. The van der Waals surface area contributed by atoms with Crippen LogP contribution in [0.2, 0.25) is 0 Å².